The lowest BCUT2D eigenvalue weighted by molar-refractivity contribution is -0.125. The van der Waals surface area contributed by atoms with Crippen molar-refractivity contribution in [2.45, 2.75) is 30.6 Å². The molecule has 4 N–H and O–H groups in total. The van der Waals surface area contributed by atoms with E-state index in [2.05, 4.69) is 15.0 Å². The van der Waals surface area contributed by atoms with Crippen molar-refractivity contribution in [2.75, 3.05) is 12.3 Å². The Balaban J connectivity index is 2.55. The number of ether oxygens (including phenoxy) is 1. The molecule has 1 aliphatic rings. The first-order valence-electron chi connectivity index (χ1n) is 5.85. The van der Waals surface area contributed by atoms with Gasteiger partial charge in [-0.15, -0.1) is 0 Å². The van der Waals surface area contributed by atoms with Crippen LogP contribution in [-0.4, -0.2) is 43.9 Å². The molecule has 10 nitrogen and oxygen atoms in total. The highest BCUT2D eigenvalue weighted by Gasteiger charge is 2.63. The number of aliphatic hydroxyl groups is 2. The minimum Gasteiger partial charge on any atom is -0.393 e. The number of nitrogens with zero attached hydrogens (tertiary/aromatic N) is 5. The zero-order chi connectivity index (χ0) is 15.8. The van der Waals surface area contributed by atoms with Crippen molar-refractivity contribution >= 4 is 5.82 Å². The monoisotopic (exact) mass is 300 g/mol. The van der Waals surface area contributed by atoms with E-state index in [1.54, 1.807) is 0 Å². The zero-order valence-electron chi connectivity index (χ0n) is 10.9. The highest BCUT2D eigenvalue weighted by molar-refractivity contribution is 5.24. The van der Waals surface area contributed by atoms with Gasteiger partial charge >= 0.3 is 5.69 Å². The maximum atomic E-state index is 14.8. The fraction of sp³-hybridized carbons (Fsp3) is 0.600. The third-order valence-corrected chi connectivity index (χ3v) is 3.31. The lowest BCUT2D eigenvalue weighted by atomic mass is 9.95. The molecule has 1 saturated heterocycles. The van der Waals surface area contributed by atoms with Crippen LogP contribution in [0, 0.1) is 0 Å². The van der Waals surface area contributed by atoms with Gasteiger partial charge in [0, 0.05) is 11.1 Å². The van der Waals surface area contributed by atoms with E-state index < -0.39 is 36.0 Å². The molecule has 11 heteroatoms. The Morgan fingerprint density at radius 1 is 1.76 bits per heavy atom. The molecule has 0 saturated carbocycles. The van der Waals surface area contributed by atoms with Crippen molar-refractivity contribution in [1.29, 1.82) is 0 Å². The van der Waals surface area contributed by atoms with Crippen molar-refractivity contribution in [2.24, 2.45) is 5.11 Å². The summed E-state index contributed by atoms with van der Waals surface area (Å²) < 4.78 is 20.7. The second-order valence-corrected chi connectivity index (χ2v) is 4.76. The van der Waals surface area contributed by atoms with Gasteiger partial charge in [-0.25, -0.2) is 9.18 Å². The normalized spacial score (nSPS) is 35.4. The molecule has 1 aromatic heterocycles. The first kappa shape index (κ1) is 15.2. The van der Waals surface area contributed by atoms with E-state index in [1.165, 1.54) is 6.07 Å². The third kappa shape index (κ3) is 2.21. The van der Waals surface area contributed by atoms with Crippen molar-refractivity contribution in [1.82, 2.24) is 9.55 Å². The van der Waals surface area contributed by atoms with Gasteiger partial charge in [-0.1, -0.05) is 5.11 Å². The SMILES string of the molecule is C[C@]1(F)[C@H](n2ccc(N)nc2=O)O[C@@](CO)(N=[N+]=[N-])[C@H]1O. The van der Waals surface area contributed by atoms with Gasteiger partial charge in [0.05, 0.1) is 6.61 Å². The molecule has 0 spiro atoms. The maximum Gasteiger partial charge on any atom is 0.351 e. The van der Waals surface area contributed by atoms with Crippen LogP contribution in [0.3, 0.4) is 0 Å². The van der Waals surface area contributed by atoms with Crippen LogP contribution in [0.25, 0.3) is 10.4 Å². The Bertz CT molecular complexity index is 657. The molecule has 2 rings (SSSR count). The molecule has 114 valence electrons. The Labute approximate surface area is 117 Å². The number of rotatable bonds is 3. The molecule has 21 heavy (non-hydrogen) atoms. The van der Waals surface area contributed by atoms with Crippen LogP contribution in [0.2, 0.25) is 0 Å². The summed E-state index contributed by atoms with van der Waals surface area (Å²) in [5, 5.41) is 22.4. The Morgan fingerprint density at radius 3 is 2.95 bits per heavy atom. The first-order chi connectivity index (χ1) is 9.78. The molecule has 0 radical (unpaired) electrons. The van der Waals surface area contributed by atoms with Crippen LogP contribution < -0.4 is 11.4 Å². The smallest absolute Gasteiger partial charge is 0.351 e. The lowest BCUT2D eigenvalue weighted by Crippen LogP contribution is -2.48. The van der Waals surface area contributed by atoms with Crippen molar-refractivity contribution in [3.8, 4) is 0 Å². The molecule has 1 aromatic rings. The standard InChI is InChI=1S/C10H13FN6O4/c1-9(11)6(19)10(4-18,15-16-13)21-7(9)17-3-2-5(12)14-8(17)20/h2-3,6-7,18-19H,4H2,1H3,(H2,12,14,20)/t6-,7+,9+,10+/m0/s1. The number of anilines is 1. The van der Waals surface area contributed by atoms with E-state index >= 15 is 0 Å². The molecule has 1 aliphatic heterocycles. The van der Waals surface area contributed by atoms with E-state index in [4.69, 9.17) is 16.0 Å². The highest BCUT2D eigenvalue weighted by atomic mass is 19.1. The minimum absolute atomic E-state index is 0.0705. The third-order valence-electron chi connectivity index (χ3n) is 3.31. The molecule has 0 amide bonds. The number of halogens is 1. The Morgan fingerprint density at radius 2 is 2.43 bits per heavy atom. The van der Waals surface area contributed by atoms with Gasteiger partial charge in [0.25, 0.3) is 0 Å². The summed E-state index contributed by atoms with van der Waals surface area (Å²) >= 11 is 0. The van der Waals surface area contributed by atoms with Crippen molar-refractivity contribution in [3.63, 3.8) is 0 Å². The molecule has 0 aromatic carbocycles. The molecule has 0 bridgehead atoms. The predicted molar refractivity (Wildman–Crippen MR) is 67.5 cm³/mol. The van der Waals surface area contributed by atoms with Gasteiger partial charge in [-0.3, -0.25) is 4.57 Å². The number of aromatic nitrogens is 2. The molecular weight excluding hydrogens is 287 g/mol. The molecular formula is C10H13FN6O4. The molecule has 2 heterocycles. The number of azide groups is 1. The second kappa shape index (κ2) is 4.97. The van der Waals surface area contributed by atoms with Gasteiger partial charge < -0.3 is 20.7 Å². The fourth-order valence-electron chi connectivity index (χ4n) is 2.19. The quantitative estimate of drug-likeness (QED) is 0.385. The minimum atomic E-state index is -2.52. The van der Waals surface area contributed by atoms with Crippen LogP contribution in [0.5, 0.6) is 0 Å². The van der Waals surface area contributed by atoms with Gasteiger partial charge in [-0.05, 0) is 18.5 Å². The molecule has 0 aliphatic carbocycles. The van der Waals surface area contributed by atoms with Crippen LogP contribution in [0.1, 0.15) is 13.2 Å². The zero-order valence-corrected chi connectivity index (χ0v) is 10.9. The summed E-state index contributed by atoms with van der Waals surface area (Å²) in [7, 11) is 0. The predicted octanol–water partition coefficient (Wildman–Crippen LogP) is -0.558. The number of aliphatic hydroxyl groups excluding tert-OH is 2. The fourth-order valence-corrected chi connectivity index (χ4v) is 2.19. The Hall–Kier alpha value is -2.20. The van der Waals surface area contributed by atoms with E-state index in [1.807, 2.05) is 0 Å². The number of hydrogen-bond acceptors (Lipinski definition) is 7. The van der Waals surface area contributed by atoms with Crippen LogP contribution in [0.15, 0.2) is 22.2 Å². The average Bonchev–Trinajstić information content (AvgIpc) is 2.61. The van der Waals surface area contributed by atoms with E-state index in [9.17, 15) is 19.4 Å². The topological polar surface area (TPSA) is 159 Å². The highest BCUT2D eigenvalue weighted by Crippen LogP contribution is 2.46. The van der Waals surface area contributed by atoms with Crippen molar-refractivity contribution in [3.05, 3.63) is 33.2 Å². The summed E-state index contributed by atoms with van der Waals surface area (Å²) in [6.45, 7) is -0.0131. The average molecular weight is 300 g/mol. The first-order valence-corrected chi connectivity index (χ1v) is 5.85. The van der Waals surface area contributed by atoms with Crippen LogP contribution >= 0.6 is 0 Å². The largest absolute Gasteiger partial charge is 0.393 e. The summed E-state index contributed by atoms with van der Waals surface area (Å²) in [4.78, 5) is 17.6. The summed E-state index contributed by atoms with van der Waals surface area (Å²) in [6.07, 6.45) is -2.50. The van der Waals surface area contributed by atoms with Gasteiger partial charge in [0.1, 0.15) is 11.9 Å². The van der Waals surface area contributed by atoms with Gasteiger partial charge in [-0.2, -0.15) is 4.98 Å². The summed E-state index contributed by atoms with van der Waals surface area (Å²) in [5.41, 5.74) is 8.17. The molecule has 0 unspecified atom stereocenters. The maximum absolute atomic E-state index is 14.8. The molecule has 4 atom stereocenters. The Kier molecular flexibility index (Phi) is 3.59. The number of hydrogen-bond donors (Lipinski definition) is 3. The number of nitrogen functional groups attached to an aromatic ring is 1. The number of nitrogens with two attached hydrogens (primary N) is 1. The lowest BCUT2D eigenvalue weighted by Gasteiger charge is -2.26. The molecule has 1 fully saturated rings. The second-order valence-electron chi connectivity index (χ2n) is 4.76. The summed E-state index contributed by atoms with van der Waals surface area (Å²) in [6, 6.07) is 1.24. The van der Waals surface area contributed by atoms with Crippen molar-refractivity contribution < 1.29 is 19.3 Å². The van der Waals surface area contributed by atoms with Crippen LogP contribution in [0.4, 0.5) is 10.2 Å². The summed E-state index contributed by atoms with van der Waals surface area (Å²) in [5.74, 6) is -0.0705. The van der Waals surface area contributed by atoms with E-state index in [-0.39, 0.29) is 5.82 Å². The van der Waals surface area contributed by atoms with Crippen LogP contribution in [-0.2, 0) is 4.74 Å². The van der Waals surface area contributed by atoms with E-state index in [0.29, 0.717) is 0 Å². The van der Waals surface area contributed by atoms with Gasteiger partial charge in [0.15, 0.2) is 11.9 Å². The number of alkyl halides is 1. The van der Waals surface area contributed by atoms with E-state index in [0.717, 1.165) is 17.7 Å². The van der Waals surface area contributed by atoms with Gasteiger partial charge in [0.2, 0.25) is 5.72 Å².